The summed E-state index contributed by atoms with van der Waals surface area (Å²) in [6, 6.07) is 6.42. The summed E-state index contributed by atoms with van der Waals surface area (Å²) >= 11 is 1.95. The van der Waals surface area contributed by atoms with Crippen LogP contribution in [0, 0.1) is 3.57 Å². The van der Waals surface area contributed by atoms with Gasteiger partial charge in [0.05, 0.1) is 0 Å². The predicted octanol–water partition coefficient (Wildman–Crippen LogP) is 3.68. The normalized spacial score (nSPS) is 11.4. The third kappa shape index (κ3) is 3.44. The number of ether oxygens (including phenoxy) is 1. The number of nitrogens with zero attached hydrogens (tertiary/aromatic N) is 1. The molecule has 1 N–H and O–H groups in total. The molecule has 0 fully saturated rings. The third-order valence-corrected chi connectivity index (χ3v) is 2.94. The van der Waals surface area contributed by atoms with Gasteiger partial charge in [0.25, 0.3) is 0 Å². The zero-order valence-electron chi connectivity index (χ0n) is 9.69. The second kappa shape index (κ2) is 5.35. The lowest BCUT2D eigenvalue weighted by Crippen LogP contribution is -2.17. The van der Waals surface area contributed by atoms with Gasteiger partial charge in [-0.1, -0.05) is 0 Å². The highest BCUT2D eigenvalue weighted by atomic mass is 127. The Morgan fingerprint density at radius 3 is 2.35 bits per heavy atom. The Hall–Kier alpha value is -1.71. The molecule has 0 atom stereocenters. The van der Waals surface area contributed by atoms with E-state index in [0.717, 1.165) is 12.1 Å². The average Bonchev–Trinajstić information content (AvgIpc) is 2.70. The Kier molecular flexibility index (Phi) is 3.93. The predicted molar refractivity (Wildman–Crippen MR) is 72.1 cm³/mol. The highest BCUT2D eigenvalue weighted by Gasteiger charge is 2.31. The van der Waals surface area contributed by atoms with E-state index in [0.29, 0.717) is 9.26 Å². The zero-order valence-corrected chi connectivity index (χ0v) is 11.8. The van der Waals surface area contributed by atoms with Crippen LogP contribution in [0.1, 0.15) is 10.5 Å². The second-order valence-electron chi connectivity index (χ2n) is 3.76. The van der Waals surface area contributed by atoms with Gasteiger partial charge >= 0.3 is 12.3 Å². The molecule has 2 rings (SSSR count). The summed E-state index contributed by atoms with van der Waals surface area (Å²) in [5.41, 5.74) is 0.457. The Morgan fingerprint density at radius 1 is 1.25 bits per heavy atom. The van der Waals surface area contributed by atoms with Gasteiger partial charge in [-0.2, -0.15) is 0 Å². The van der Waals surface area contributed by atoms with Crippen molar-refractivity contribution in [2.75, 3.05) is 0 Å². The van der Waals surface area contributed by atoms with E-state index in [1.54, 1.807) is 6.20 Å². The fourth-order valence-corrected chi connectivity index (χ4v) is 2.19. The largest absolute Gasteiger partial charge is 0.573 e. The quantitative estimate of drug-likeness (QED) is 0.805. The molecule has 0 amide bonds. The maximum atomic E-state index is 12.0. The molecule has 8 heteroatoms. The molecule has 0 radical (unpaired) electrons. The fourth-order valence-electron chi connectivity index (χ4n) is 1.62. The first-order chi connectivity index (χ1) is 9.26. The van der Waals surface area contributed by atoms with Gasteiger partial charge in [0.15, 0.2) is 0 Å². The Balaban J connectivity index is 2.33. The SMILES string of the molecule is O=C(O)c1cc(I)cn1-c1ccc(OC(F)(F)F)cc1. The number of alkyl halides is 3. The number of rotatable bonds is 3. The number of benzene rings is 1. The van der Waals surface area contributed by atoms with Crippen molar-refractivity contribution in [2.45, 2.75) is 6.36 Å². The summed E-state index contributed by atoms with van der Waals surface area (Å²) in [5, 5.41) is 9.05. The number of hydrogen-bond acceptors (Lipinski definition) is 2. The summed E-state index contributed by atoms with van der Waals surface area (Å²) in [5.74, 6) is -1.48. The Bertz CT molecular complexity index is 634. The molecule has 0 aliphatic rings. The fraction of sp³-hybridized carbons (Fsp3) is 0.0833. The van der Waals surface area contributed by atoms with Crippen molar-refractivity contribution in [3.63, 3.8) is 0 Å². The summed E-state index contributed by atoms with van der Waals surface area (Å²) in [6.07, 6.45) is -3.18. The molecular weight excluding hydrogens is 390 g/mol. The molecule has 4 nitrogen and oxygen atoms in total. The van der Waals surface area contributed by atoms with Crippen LogP contribution in [0.25, 0.3) is 5.69 Å². The molecule has 0 aliphatic heterocycles. The van der Waals surface area contributed by atoms with Gasteiger partial charge in [0, 0.05) is 15.5 Å². The van der Waals surface area contributed by atoms with Gasteiger partial charge in [0.1, 0.15) is 11.4 Å². The van der Waals surface area contributed by atoms with Crippen LogP contribution in [-0.2, 0) is 0 Å². The molecule has 0 spiro atoms. The molecule has 20 heavy (non-hydrogen) atoms. The van der Waals surface area contributed by atoms with Crippen molar-refractivity contribution in [3.8, 4) is 11.4 Å². The van der Waals surface area contributed by atoms with Crippen molar-refractivity contribution in [2.24, 2.45) is 0 Å². The molecule has 2 aromatic rings. The van der Waals surface area contributed by atoms with Crippen molar-refractivity contribution in [1.29, 1.82) is 0 Å². The first-order valence-corrected chi connectivity index (χ1v) is 6.31. The second-order valence-corrected chi connectivity index (χ2v) is 5.01. The summed E-state index contributed by atoms with van der Waals surface area (Å²) < 4.78 is 41.9. The number of hydrogen-bond donors (Lipinski definition) is 1. The van der Waals surface area contributed by atoms with Crippen LogP contribution in [0.4, 0.5) is 13.2 Å². The smallest absolute Gasteiger partial charge is 0.477 e. The third-order valence-electron chi connectivity index (χ3n) is 2.35. The summed E-state index contributed by atoms with van der Waals surface area (Å²) in [4.78, 5) is 11.1. The van der Waals surface area contributed by atoms with E-state index in [-0.39, 0.29) is 11.4 Å². The van der Waals surface area contributed by atoms with E-state index < -0.39 is 12.3 Å². The van der Waals surface area contributed by atoms with Crippen LogP contribution in [-0.4, -0.2) is 22.0 Å². The van der Waals surface area contributed by atoms with Crippen LogP contribution in [0.5, 0.6) is 5.75 Å². The minimum absolute atomic E-state index is 0.0267. The van der Waals surface area contributed by atoms with Crippen LogP contribution in [0.3, 0.4) is 0 Å². The number of halogens is 4. The molecular formula is C12H7F3INO3. The molecule has 1 aromatic carbocycles. The molecule has 0 aliphatic carbocycles. The number of carbonyl (C=O) groups is 1. The van der Waals surface area contributed by atoms with Crippen LogP contribution in [0.2, 0.25) is 0 Å². The number of carboxylic acid groups (broad SMARTS) is 1. The zero-order chi connectivity index (χ0) is 14.9. The van der Waals surface area contributed by atoms with Gasteiger partial charge in [-0.15, -0.1) is 13.2 Å². The first kappa shape index (κ1) is 14.7. The van der Waals surface area contributed by atoms with Crippen LogP contribution < -0.4 is 4.74 Å². The minimum Gasteiger partial charge on any atom is -0.477 e. The van der Waals surface area contributed by atoms with E-state index in [4.69, 9.17) is 5.11 Å². The lowest BCUT2D eigenvalue weighted by molar-refractivity contribution is -0.274. The van der Waals surface area contributed by atoms with Gasteiger partial charge in [-0.25, -0.2) is 4.79 Å². The molecule has 1 aromatic heterocycles. The Morgan fingerprint density at radius 2 is 1.85 bits per heavy atom. The highest BCUT2D eigenvalue weighted by molar-refractivity contribution is 14.1. The van der Waals surface area contributed by atoms with E-state index >= 15 is 0 Å². The maximum Gasteiger partial charge on any atom is 0.573 e. The van der Waals surface area contributed by atoms with Crippen molar-refractivity contribution >= 4 is 28.6 Å². The standard InChI is InChI=1S/C12H7F3INO3/c13-12(14,15)20-9-3-1-8(2-4-9)17-6-7(16)5-10(17)11(18)19/h1-6H,(H,18,19). The van der Waals surface area contributed by atoms with Gasteiger partial charge in [-0.3, -0.25) is 0 Å². The average molecular weight is 397 g/mol. The van der Waals surface area contributed by atoms with E-state index in [1.807, 2.05) is 22.6 Å². The van der Waals surface area contributed by atoms with Crippen molar-refractivity contribution in [3.05, 3.63) is 45.8 Å². The molecule has 0 bridgehead atoms. The maximum absolute atomic E-state index is 12.0. The molecule has 106 valence electrons. The van der Waals surface area contributed by atoms with E-state index in [9.17, 15) is 18.0 Å². The number of aromatic nitrogens is 1. The van der Waals surface area contributed by atoms with E-state index in [2.05, 4.69) is 4.74 Å². The molecule has 0 saturated carbocycles. The monoisotopic (exact) mass is 397 g/mol. The van der Waals surface area contributed by atoms with Gasteiger partial charge < -0.3 is 14.4 Å². The lowest BCUT2D eigenvalue weighted by atomic mass is 10.3. The van der Waals surface area contributed by atoms with Crippen molar-refractivity contribution < 1.29 is 27.8 Å². The summed E-state index contributed by atoms with van der Waals surface area (Å²) in [7, 11) is 0. The molecule has 1 heterocycles. The molecule has 0 saturated heterocycles. The van der Waals surface area contributed by atoms with Crippen molar-refractivity contribution in [1.82, 2.24) is 4.57 Å². The van der Waals surface area contributed by atoms with Crippen LogP contribution in [0.15, 0.2) is 36.5 Å². The number of carboxylic acids is 1. The minimum atomic E-state index is -4.75. The Labute approximate surface area is 124 Å². The highest BCUT2D eigenvalue weighted by Crippen LogP contribution is 2.25. The summed E-state index contributed by atoms with van der Waals surface area (Å²) in [6.45, 7) is 0. The van der Waals surface area contributed by atoms with Gasteiger partial charge in [-0.05, 0) is 52.9 Å². The van der Waals surface area contributed by atoms with E-state index in [1.165, 1.54) is 22.8 Å². The topological polar surface area (TPSA) is 51.5 Å². The first-order valence-electron chi connectivity index (χ1n) is 5.23. The lowest BCUT2D eigenvalue weighted by Gasteiger charge is -2.10. The van der Waals surface area contributed by atoms with Crippen LogP contribution >= 0.6 is 22.6 Å². The molecule has 0 unspecified atom stereocenters. The number of aromatic carboxylic acids is 1. The van der Waals surface area contributed by atoms with Gasteiger partial charge in [0.2, 0.25) is 0 Å².